The van der Waals surface area contributed by atoms with Crippen LogP contribution < -0.4 is 0 Å². The number of sulfone groups is 1. The molecule has 1 aliphatic heterocycles. The van der Waals surface area contributed by atoms with Gasteiger partial charge in [-0.15, -0.1) is 0 Å². The minimum Gasteiger partial charge on any atom is -0.481 e. The molecule has 0 radical (unpaired) electrons. The van der Waals surface area contributed by atoms with Crippen LogP contribution >= 0.6 is 31.9 Å². The number of likely N-dealkylation sites (tertiary alicyclic amines) is 1. The Bertz CT molecular complexity index is 1660. The Hall–Kier alpha value is -2.27. The molecular formula is C29H25Br2F8NO5S. The molecular weight excluding hydrogens is 786 g/mol. The molecule has 1 heterocycles. The van der Waals surface area contributed by atoms with Crippen molar-refractivity contribution in [2.75, 3.05) is 6.54 Å². The maximum Gasteiger partial charge on any atom is 0.436 e. The van der Waals surface area contributed by atoms with Crippen LogP contribution in [0.2, 0.25) is 0 Å². The van der Waals surface area contributed by atoms with E-state index in [2.05, 4.69) is 31.9 Å². The summed E-state index contributed by atoms with van der Waals surface area (Å²) in [6.07, 6.45) is -12.9. The number of carboxylic acid groups (broad SMARTS) is 1. The van der Waals surface area contributed by atoms with Crippen LogP contribution in [-0.4, -0.2) is 55.2 Å². The minimum atomic E-state index is -6.45. The summed E-state index contributed by atoms with van der Waals surface area (Å²) in [4.78, 5) is 26.2. The third kappa shape index (κ3) is 5.17. The van der Waals surface area contributed by atoms with E-state index in [-0.39, 0.29) is 62.6 Å². The van der Waals surface area contributed by atoms with Gasteiger partial charge < -0.3 is 10.0 Å². The number of alkyl halides is 7. The molecule has 2 aliphatic carbocycles. The van der Waals surface area contributed by atoms with Crippen molar-refractivity contribution in [1.29, 1.82) is 0 Å². The zero-order chi connectivity index (χ0) is 34.2. The van der Waals surface area contributed by atoms with Crippen molar-refractivity contribution in [2.45, 2.75) is 78.7 Å². The van der Waals surface area contributed by atoms with E-state index in [1.54, 1.807) is 0 Å². The van der Waals surface area contributed by atoms with Gasteiger partial charge in [-0.3, -0.25) is 9.59 Å². The number of benzene rings is 2. The number of carbonyl (C=O) groups excluding carboxylic acids is 1. The van der Waals surface area contributed by atoms with Gasteiger partial charge in [0.1, 0.15) is 10.6 Å². The molecule has 2 atom stereocenters. The molecule has 46 heavy (non-hydrogen) atoms. The molecule has 0 unspecified atom stereocenters. The van der Waals surface area contributed by atoms with Crippen LogP contribution in [0.3, 0.4) is 0 Å². The first-order chi connectivity index (χ1) is 21.2. The fourth-order valence-electron chi connectivity index (χ4n) is 7.25. The number of amides is 1. The molecule has 5 rings (SSSR count). The summed E-state index contributed by atoms with van der Waals surface area (Å²) in [5.41, 5.74) is -8.17. The van der Waals surface area contributed by atoms with E-state index in [0.29, 0.717) is 0 Å². The number of aliphatic carboxylic acids is 1. The quantitative estimate of drug-likeness (QED) is 0.247. The number of rotatable bonds is 5. The Morgan fingerprint density at radius 2 is 1.43 bits per heavy atom. The Kier molecular flexibility index (Phi) is 8.92. The molecule has 252 valence electrons. The van der Waals surface area contributed by atoms with Crippen LogP contribution in [0.4, 0.5) is 35.1 Å². The maximum atomic E-state index is 15.4. The first-order valence-electron chi connectivity index (χ1n) is 14.1. The number of halogens is 10. The minimum absolute atomic E-state index is 0.155. The highest BCUT2D eigenvalue weighted by atomic mass is 79.9. The van der Waals surface area contributed by atoms with Crippen molar-refractivity contribution >= 4 is 53.6 Å². The average molecular weight is 811 g/mol. The summed E-state index contributed by atoms with van der Waals surface area (Å²) in [5, 5.41) is 9.33. The zero-order valence-corrected chi connectivity index (χ0v) is 27.5. The number of hydrogen-bond acceptors (Lipinski definition) is 4. The Morgan fingerprint density at radius 1 is 0.891 bits per heavy atom. The Labute approximate surface area is 274 Å². The fraction of sp³-hybridized carbons (Fsp3) is 0.517. The van der Waals surface area contributed by atoms with Gasteiger partial charge in [0.2, 0.25) is 5.91 Å². The van der Waals surface area contributed by atoms with Gasteiger partial charge in [-0.05, 0) is 86.4 Å². The smallest absolute Gasteiger partial charge is 0.436 e. The second-order valence-electron chi connectivity index (χ2n) is 11.8. The molecule has 2 aromatic carbocycles. The van der Waals surface area contributed by atoms with Gasteiger partial charge in [-0.2, -0.15) is 26.3 Å². The third-order valence-corrected chi connectivity index (χ3v) is 13.6. The first kappa shape index (κ1) is 35.0. The van der Waals surface area contributed by atoms with Gasteiger partial charge in [0.05, 0.1) is 16.9 Å². The van der Waals surface area contributed by atoms with Crippen molar-refractivity contribution in [1.82, 2.24) is 4.90 Å². The van der Waals surface area contributed by atoms with E-state index in [0.717, 1.165) is 30.3 Å². The van der Waals surface area contributed by atoms with Crippen LogP contribution in [0.15, 0.2) is 44.2 Å². The van der Waals surface area contributed by atoms with Crippen LogP contribution in [0, 0.1) is 17.7 Å². The second-order valence-corrected chi connectivity index (χ2v) is 15.7. The summed E-state index contributed by atoms with van der Waals surface area (Å²) < 4.78 is 137. The SMILES string of the molecule is O=C(O)C1CCC(C(=O)N2CC[C@@]3(S(=O)(=O)c4ccc(F)cc4)c4cc(Br)c(C(F)(C(F)(F)F)C(F)(F)F)c(Br)c4CC[C@@H]23)CC1. The second kappa shape index (κ2) is 11.7. The molecule has 17 heteroatoms. The number of carboxylic acids is 1. The van der Waals surface area contributed by atoms with Crippen LogP contribution in [0.5, 0.6) is 0 Å². The van der Waals surface area contributed by atoms with E-state index in [4.69, 9.17) is 0 Å². The molecule has 0 aromatic heterocycles. The highest BCUT2D eigenvalue weighted by Gasteiger charge is 2.75. The van der Waals surface area contributed by atoms with Crippen molar-refractivity contribution in [3.8, 4) is 0 Å². The molecule has 3 aliphatic rings. The van der Waals surface area contributed by atoms with Gasteiger partial charge in [0.25, 0.3) is 0 Å². The highest BCUT2D eigenvalue weighted by Crippen LogP contribution is 2.61. The third-order valence-electron chi connectivity index (χ3n) is 9.52. The monoisotopic (exact) mass is 809 g/mol. The average Bonchev–Trinajstić information content (AvgIpc) is 3.37. The predicted molar refractivity (Wildman–Crippen MR) is 154 cm³/mol. The lowest BCUT2D eigenvalue weighted by molar-refractivity contribution is -0.349. The normalized spacial score (nSPS) is 25.6. The summed E-state index contributed by atoms with van der Waals surface area (Å²) in [5.74, 6) is -3.48. The largest absolute Gasteiger partial charge is 0.481 e. The first-order valence-corrected chi connectivity index (χ1v) is 17.1. The van der Waals surface area contributed by atoms with E-state index in [9.17, 15) is 53.8 Å². The molecule has 2 fully saturated rings. The lowest BCUT2D eigenvalue weighted by Crippen LogP contribution is -2.54. The van der Waals surface area contributed by atoms with E-state index in [1.807, 2.05) is 0 Å². The molecule has 0 bridgehead atoms. The summed E-state index contributed by atoms with van der Waals surface area (Å²) >= 11 is 5.46. The van der Waals surface area contributed by atoms with Crippen molar-refractivity contribution < 1.29 is 58.2 Å². The standard InChI is InChI=1S/C29H25Br2F8NO5S/c30-20-13-19-18(23(31)22(20)27(33,28(34,35)36)29(37,38)39)9-10-21-26(19,46(44,45)17-7-5-16(32)6-8-17)11-12-40(21)24(41)14-1-3-15(4-2-14)25(42)43/h5-8,13-15,21H,1-4,9-12H2,(H,42,43)/t14?,15?,21-,26-/m1/s1. The molecule has 1 saturated carbocycles. The molecule has 1 saturated heterocycles. The van der Waals surface area contributed by atoms with Crippen LogP contribution in [0.1, 0.15) is 55.2 Å². The van der Waals surface area contributed by atoms with E-state index < -0.39 is 87.6 Å². The van der Waals surface area contributed by atoms with Gasteiger partial charge in [0.15, 0.2) is 9.84 Å². The van der Waals surface area contributed by atoms with Crippen molar-refractivity contribution in [3.05, 3.63) is 61.8 Å². The lowest BCUT2D eigenvalue weighted by atomic mass is 9.76. The topological polar surface area (TPSA) is 91.8 Å². The molecule has 1 amide bonds. The van der Waals surface area contributed by atoms with E-state index in [1.165, 1.54) is 4.90 Å². The van der Waals surface area contributed by atoms with Gasteiger partial charge >= 0.3 is 24.0 Å². The van der Waals surface area contributed by atoms with Crippen molar-refractivity contribution in [3.63, 3.8) is 0 Å². The van der Waals surface area contributed by atoms with Crippen LogP contribution in [-0.2, 0) is 36.3 Å². The highest BCUT2D eigenvalue weighted by molar-refractivity contribution is 9.11. The molecule has 6 nitrogen and oxygen atoms in total. The van der Waals surface area contributed by atoms with E-state index >= 15 is 4.39 Å². The predicted octanol–water partition coefficient (Wildman–Crippen LogP) is 7.75. The number of carbonyl (C=O) groups is 2. The van der Waals surface area contributed by atoms with Gasteiger partial charge in [0, 0.05) is 27.0 Å². The maximum absolute atomic E-state index is 15.4. The summed E-state index contributed by atoms with van der Waals surface area (Å²) in [7, 11) is -4.66. The lowest BCUT2D eigenvalue weighted by Gasteiger charge is -2.44. The molecule has 0 spiro atoms. The van der Waals surface area contributed by atoms with Gasteiger partial charge in [-0.1, -0.05) is 31.9 Å². The molecule has 2 aromatic rings. The zero-order valence-electron chi connectivity index (χ0n) is 23.5. The Morgan fingerprint density at radius 3 is 1.96 bits per heavy atom. The summed E-state index contributed by atoms with van der Waals surface area (Å²) in [6, 6.07) is 3.30. The number of hydrogen-bond donors (Lipinski definition) is 1. The van der Waals surface area contributed by atoms with Crippen LogP contribution in [0.25, 0.3) is 0 Å². The summed E-state index contributed by atoms with van der Waals surface area (Å²) in [6.45, 7) is -0.155. The fourth-order valence-corrected chi connectivity index (χ4v) is 11.5. The number of nitrogens with zero attached hydrogens (tertiary/aromatic N) is 1. The Balaban J connectivity index is 1.70. The van der Waals surface area contributed by atoms with Gasteiger partial charge in [-0.25, -0.2) is 17.2 Å². The number of fused-ring (bicyclic) bond motifs is 3. The molecule has 1 N–H and O–H groups in total. The van der Waals surface area contributed by atoms with Crippen molar-refractivity contribution in [2.24, 2.45) is 11.8 Å².